The van der Waals surface area contributed by atoms with Crippen LogP contribution in [0.5, 0.6) is 0 Å². The molecule has 0 bridgehead atoms. The normalized spacial score (nSPS) is 11.1. The van der Waals surface area contributed by atoms with Crippen molar-refractivity contribution < 1.29 is 4.42 Å². The number of aryl methyl sites for hydroxylation is 2. The fourth-order valence-electron chi connectivity index (χ4n) is 1.42. The van der Waals surface area contributed by atoms with E-state index in [-0.39, 0.29) is 24.0 Å². The number of halogens is 1. The monoisotopic (exact) mass is 398 g/mol. The minimum absolute atomic E-state index is 0. The predicted octanol–water partition coefficient (Wildman–Crippen LogP) is 2.33. The van der Waals surface area contributed by atoms with E-state index in [1.807, 2.05) is 25.6 Å². The zero-order chi connectivity index (χ0) is 13.4. The van der Waals surface area contributed by atoms with Crippen LogP contribution in [0.3, 0.4) is 0 Å². The number of guanidine groups is 1. The van der Waals surface area contributed by atoms with E-state index in [1.54, 1.807) is 7.05 Å². The van der Waals surface area contributed by atoms with Gasteiger partial charge in [-0.2, -0.15) is 11.8 Å². The lowest BCUT2D eigenvalue weighted by Gasteiger charge is -2.09. The first-order valence-corrected chi connectivity index (χ1v) is 7.43. The number of nitrogens with one attached hydrogen (secondary N) is 2. The molecule has 0 atom stereocenters. The summed E-state index contributed by atoms with van der Waals surface area (Å²) in [4.78, 5) is 8.46. The highest BCUT2D eigenvalue weighted by Crippen LogP contribution is 2.07. The highest BCUT2D eigenvalue weighted by Gasteiger charge is 2.05. The maximum atomic E-state index is 5.49. The zero-order valence-corrected chi connectivity index (χ0v) is 15.1. The summed E-state index contributed by atoms with van der Waals surface area (Å²) in [5.74, 6) is 3.50. The Bertz CT molecular complexity index is 376. The van der Waals surface area contributed by atoms with Crippen molar-refractivity contribution in [1.29, 1.82) is 0 Å². The van der Waals surface area contributed by atoms with Gasteiger partial charge in [0.25, 0.3) is 0 Å². The van der Waals surface area contributed by atoms with E-state index < -0.39 is 0 Å². The first-order chi connectivity index (χ1) is 8.67. The predicted molar refractivity (Wildman–Crippen MR) is 92.6 cm³/mol. The Hall–Kier alpha value is -0.440. The third-order valence-electron chi connectivity index (χ3n) is 2.52. The molecule has 7 heteroatoms. The molecule has 1 aromatic rings. The Kier molecular flexibility index (Phi) is 10.1. The summed E-state index contributed by atoms with van der Waals surface area (Å²) >= 11 is 1.85. The molecule has 1 rings (SSSR count). The van der Waals surface area contributed by atoms with Crippen molar-refractivity contribution in [3.05, 3.63) is 17.3 Å². The maximum Gasteiger partial charge on any atom is 0.214 e. The van der Waals surface area contributed by atoms with Crippen molar-refractivity contribution in [2.24, 2.45) is 4.99 Å². The summed E-state index contributed by atoms with van der Waals surface area (Å²) in [6, 6.07) is 0. The van der Waals surface area contributed by atoms with Gasteiger partial charge in [0.2, 0.25) is 5.89 Å². The van der Waals surface area contributed by atoms with Gasteiger partial charge in [-0.1, -0.05) is 0 Å². The van der Waals surface area contributed by atoms with Gasteiger partial charge in [-0.05, 0) is 32.3 Å². The van der Waals surface area contributed by atoms with Crippen LogP contribution in [0.4, 0.5) is 0 Å². The molecule has 2 N–H and O–H groups in total. The molecular formula is C12H23IN4OS. The number of aliphatic imine (C=N–C) groups is 1. The first kappa shape index (κ1) is 18.6. The number of aromatic nitrogens is 1. The van der Waals surface area contributed by atoms with Gasteiger partial charge in [0, 0.05) is 13.6 Å². The minimum Gasteiger partial charge on any atom is -0.444 e. The van der Waals surface area contributed by atoms with Crippen LogP contribution in [0.25, 0.3) is 0 Å². The molecule has 0 aromatic carbocycles. The second-order valence-corrected chi connectivity index (χ2v) is 4.93. The van der Waals surface area contributed by atoms with E-state index in [2.05, 4.69) is 26.9 Å². The van der Waals surface area contributed by atoms with Gasteiger partial charge in [0.1, 0.15) is 5.76 Å². The number of thioether (sulfide) groups is 1. The second-order valence-electron chi connectivity index (χ2n) is 3.95. The minimum atomic E-state index is 0. The highest BCUT2D eigenvalue weighted by molar-refractivity contribution is 14.0. The summed E-state index contributed by atoms with van der Waals surface area (Å²) < 4.78 is 5.49. The molecule has 0 saturated carbocycles. The van der Waals surface area contributed by atoms with Gasteiger partial charge in [-0.3, -0.25) is 4.99 Å². The van der Waals surface area contributed by atoms with Crippen LogP contribution < -0.4 is 10.6 Å². The Morgan fingerprint density at radius 3 is 2.63 bits per heavy atom. The number of hydrogen-bond acceptors (Lipinski definition) is 4. The average Bonchev–Trinajstić information content (AvgIpc) is 2.68. The molecular weight excluding hydrogens is 375 g/mol. The highest BCUT2D eigenvalue weighted by atomic mass is 127. The van der Waals surface area contributed by atoms with Gasteiger partial charge < -0.3 is 15.1 Å². The molecule has 110 valence electrons. The molecule has 5 nitrogen and oxygen atoms in total. The number of rotatable bonds is 6. The SMILES string of the molecule is CN=C(NCCCSC)NCc1nc(C)c(C)o1.I. The molecule has 0 amide bonds. The maximum absolute atomic E-state index is 5.49. The van der Waals surface area contributed by atoms with E-state index in [0.29, 0.717) is 12.4 Å². The molecule has 19 heavy (non-hydrogen) atoms. The molecule has 0 aliphatic rings. The standard InChI is InChI=1S/C12H22N4OS.HI/c1-9-10(2)17-11(16-9)8-15-12(13-3)14-6-5-7-18-4;/h5-8H2,1-4H3,(H2,13,14,15);1H. The fraction of sp³-hybridized carbons (Fsp3) is 0.667. The molecule has 0 aliphatic carbocycles. The second kappa shape index (κ2) is 10.4. The van der Waals surface area contributed by atoms with Gasteiger partial charge in [-0.15, -0.1) is 24.0 Å². The van der Waals surface area contributed by atoms with E-state index in [9.17, 15) is 0 Å². The van der Waals surface area contributed by atoms with Crippen LogP contribution in [0, 0.1) is 13.8 Å². The third kappa shape index (κ3) is 7.05. The molecule has 0 spiro atoms. The van der Waals surface area contributed by atoms with Crippen LogP contribution >= 0.6 is 35.7 Å². The van der Waals surface area contributed by atoms with Gasteiger partial charge >= 0.3 is 0 Å². The van der Waals surface area contributed by atoms with Crippen molar-refractivity contribution in [3.63, 3.8) is 0 Å². The van der Waals surface area contributed by atoms with Crippen LogP contribution in [0.1, 0.15) is 23.8 Å². The number of nitrogens with zero attached hydrogens (tertiary/aromatic N) is 2. The molecule has 0 saturated heterocycles. The summed E-state index contributed by atoms with van der Waals surface area (Å²) in [5, 5.41) is 6.43. The van der Waals surface area contributed by atoms with Crippen molar-refractivity contribution in [3.8, 4) is 0 Å². The van der Waals surface area contributed by atoms with Crippen molar-refractivity contribution in [2.45, 2.75) is 26.8 Å². The summed E-state index contributed by atoms with van der Waals surface area (Å²) in [6.45, 7) is 5.33. The third-order valence-corrected chi connectivity index (χ3v) is 3.22. The molecule has 0 unspecified atom stereocenters. The summed E-state index contributed by atoms with van der Waals surface area (Å²) in [5.41, 5.74) is 0.940. The molecule has 1 heterocycles. The van der Waals surface area contributed by atoms with Gasteiger partial charge in [0.05, 0.1) is 12.2 Å². The molecule has 0 fully saturated rings. The van der Waals surface area contributed by atoms with Gasteiger partial charge in [-0.25, -0.2) is 4.98 Å². The van der Waals surface area contributed by atoms with Crippen molar-refractivity contribution >= 4 is 41.7 Å². The van der Waals surface area contributed by atoms with E-state index in [1.165, 1.54) is 0 Å². The summed E-state index contributed by atoms with van der Waals surface area (Å²) in [6.07, 6.45) is 3.24. The van der Waals surface area contributed by atoms with Crippen molar-refractivity contribution in [2.75, 3.05) is 25.6 Å². The lowest BCUT2D eigenvalue weighted by atomic mass is 10.4. The lowest BCUT2D eigenvalue weighted by Crippen LogP contribution is -2.37. The largest absolute Gasteiger partial charge is 0.444 e. The fourth-order valence-corrected chi connectivity index (χ4v) is 1.85. The summed E-state index contributed by atoms with van der Waals surface area (Å²) in [7, 11) is 1.76. The van der Waals surface area contributed by atoms with Crippen LogP contribution in [-0.2, 0) is 6.54 Å². The van der Waals surface area contributed by atoms with Crippen LogP contribution in [0.15, 0.2) is 9.41 Å². The zero-order valence-electron chi connectivity index (χ0n) is 11.9. The van der Waals surface area contributed by atoms with Crippen LogP contribution in [0.2, 0.25) is 0 Å². The average molecular weight is 398 g/mol. The van der Waals surface area contributed by atoms with E-state index in [4.69, 9.17) is 4.42 Å². The van der Waals surface area contributed by atoms with Crippen LogP contribution in [-0.4, -0.2) is 36.5 Å². The number of oxazole rings is 1. The number of hydrogen-bond donors (Lipinski definition) is 2. The van der Waals surface area contributed by atoms with Crippen molar-refractivity contribution in [1.82, 2.24) is 15.6 Å². The van der Waals surface area contributed by atoms with E-state index in [0.717, 1.165) is 36.1 Å². The Morgan fingerprint density at radius 1 is 1.37 bits per heavy atom. The quantitative estimate of drug-likeness (QED) is 0.333. The topological polar surface area (TPSA) is 62.5 Å². The molecule has 1 aromatic heterocycles. The Labute approximate surface area is 136 Å². The smallest absolute Gasteiger partial charge is 0.214 e. The van der Waals surface area contributed by atoms with E-state index >= 15 is 0 Å². The Balaban J connectivity index is 0.00000324. The Morgan fingerprint density at radius 2 is 2.11 bits per heavy atom. The first-order valence-electron chi connectivity index (χ1n) is 6.03. The molecule has 0 aliphatic heterocycles. The lowest BCUT2D eigenvalue weighted by molar-refractivity contribution is 0.463. The molecule has 0 radical (unpaired) electrons. The van der Waals surface area contributed by atoms with Gasteiger partial charge in [0.15, 0.2) is 5.96 Å².